The lowest BCUT2D eigenvalue weighted by Crippen LogP contribution is -2.51. The number of carbonyl (C=O) groups excluding carboxylic acids is 1. The number of nitrogens with one attached hydrogen (secondary N) is 1. The monoisotopic (exact) mass is 468 g/mol. The first kappa shape index (κ1) is 23.0. The minimum Gasteiger partial charge on any atom is -0.454 e. The standard InChI is InChI=1S/C29H32N4O2/c1-19(2)22-7-9-23(10-8-22)30-29(34)33-15-13-32(14-16-33)28-24-17-20(3)6-12-26(24)35-27-18-21(4)5-11-25(27)31-28/h5-12,17-19H,13-16H2,1-4H3,(H,30,34). The van der Waals surface area contributed by atoms with Crippen LogP contribution in [0.15, 0.2) is 65.7 Å². The Bertz CT molecular complexity index is 1270. The number of aryl methyl sites for hydroxylation is 2. The summed E-state index contributed by atoms with van der Waals surface area (Å²) in [5.74, 6) is 2.95. The van der Waals surface area contributed by atoms with Crippen molar-refractivity contribution >= 4 is 23.2 Å². The molecule has 6 heteroatoms. The van der Waals surface area contributed by atoms with Gasteiger partial charge in [-0.15, -0.1) is 0 Å². The Balaban J connectivity index is 1.33. The number of ether oxygens (including phenoxy) is 1. The lowest BCUT2D eigenvalue weighted by Gasteiger charge is -2.36. The Morgan fingerprint density at radius 2 is 1.57 bits per heavy atom. The molecule has 0 spiro atoms. The van der Waals surface area contributed by atoms with E-state index in [1.54, 1.807) is 0 Å². The second kappa shape index (κ2) is 9.45. The largest absolute Gasteiger partial charge is 0.454 e. The number of fused-ring (bicyclic) bond motifs is 2. The van der Waals surface area contributed by atoms with E-state index in [1.165, 1.54) is 5.56 Å². The molecule has 6 nitrogen and oxygen atoms in total. The van der Waals surface area contributed by atoms with Crippen LogP contribution in [0.5, 0.6) is 11.5 Å². The Morgan fingerprint density at radius 1 is 0.886 bits per heavy atom. The molecule has 35 heavy (non-hydrogen) atoms. The zero-order chi connectivity index (χ0) is 24.5. The van der Waals surface area contributed by atoms with Crippen LogP contribution in [0.3, 0.4) is 0 Å². The van der Waals surface area contributed by atoms with Crippen LogP contribution in [0.2, 0.25) is 0 Å². The third-order valence-electron chi connectivity index (χ3n) is 6.63. The molecule has 0 unspecified atom stereocenters. The number of hydrogen-bond acceptors (Lipinski definition) is 4. The van der Waals surface area contributed by atoms with E-state index in [4.69, 9.17) is 9.73 Å². The average Bonchev–Trinajstić information content (AvgIpc) is 3.00. The number of rotatable bonds is 2. The quantitative estimate of drug-likeness (QED) is 0.470. The van der Waals surface area contributed by atoms with Gasteiger partial charge in [-0.25, -0.2) is 9.79 Å². The summed E-state index contributed by atoms with van der Waals surface area (Å²) in [5.41, 5.74) is 6.19. The molecule has 0 atom stereocenters. The number of amides is 2. The van der Waals surface area contributed by atoms with Gasteiger partial charge in [0, 0.05) is 31.9 Å². The number of aliphatic imine (C=N–C) groups is 1. The Hall–Kier alpha value is -3.80. The van der Waals surface area contributed by atoms with E-state index in [-0.39, 0.29) is 6.03 Å². The minimum atomic E-state index is -0.0647. The Labute approximate surface area is 207 Å². The second-order valence-corrected chi connectivity index (χ2v) is 9.69. The molecule has 2 amide bonds. The van der Waals surface area contributed by atoms with E-state index in [9.17, 15) is 4.79 Å². The van der Waals surface area contributed by atoms with Crippen molar-refractivity contribution in [1.29, 1.82) is 0 Å². The van der Waals surface area contributed by atoms with Gasteiger partial charge in [-0.05, 0) is 67.3 Å². The van der Waals surface area contributed by atoms with Crippen molar-refractivity contribution in [3.05, 3.63) is 82.9 Å². The van der Waals surface area contributed by atoms with Gasteiger partial charge < -0.3 is 19.9 Å². The molecule has 0 aliphatic carbocycles. The zero-order valence-corrected chi connectivity index (χ0v) is 20.8. The molecule has 3 aromatic carbocycles. The number of amidine groups is 1. The molecule has 1 saturated heterocycles. The van der Waals surface area contributed by atoms with Crippen molar-refractivity contribution < 1.29 is 9.53 Å². The van der Waals surface area contributed by atoms with E-state index in [0.717, 1.165) is 45.4 Å². The lowest BCUT2D eigenvalue weighted by atomic mass is 10.0. The topological polar surface area (TPSA) is 57.2 Å². The third kappa shape index (κ3) is 4.87. The summed E-state index contributed by atoms with van der Waals surface area (Å²) < 4.78 is 6.29. The fraction of sp³-hybridized carbons (Fsp3) is 0.310. The number of piperazine rings is 1. The van der Waals surface area contributed by atoms with Crippen molar-refractivity contribution in [2.75, 3.05) is 31.5 Å². The number of benzene rings is 3. The predicted octanol–water partition coefficient (Wildman–Crippen LogP) is 6.46. The van der Waals surface area contributed by atoms with Gasteiger partial charge in [0.1, 0.15) is 17.3 Å². The molecule has 0 aromatic heterocycles. The number of carbonyl (C=O) groups is 1. The van der Waals surface area contributed by atoms with Gasteiger partial charge in [0.2, 0.25) is 0 Å². The van der Waals surface area contributed by atoms with Gasteiger partial charge in [-0.3, -0.25) is 0 Å². The van der Waals surface area contributed by atoms with Crippen molar-refractivity contribution in [3.63, 3.8) is 0 Å². The minimum absolute atomic E-state index is 0.0647. The highest BCUT2D eigenvalue weighted by atomic mass is 16.5. The molecule has 0 saturated carbocycles. The first-order valence-electron chi connectivity index (χ1n) is 12.3. The molecule has 5 rings (SSSR count). The molecule has 1 N–H and O–H groups in total. The molecular formula is C29H32N4O2. The van der Waals surface area contributed by atoms with Crippen molar-refractivity contribution in [3.8, 4) is 11.5 Å². The van der Waals surface area contributed by atoms with E-state index >= 15 is 0 Å². The number of hydrogen-bond donors (Lipinski definition) is 1. The molecule has 2 aliphatic rings. The first-order valence-corrected chi connectivity index (χ1v) is 12.3. The van der Waals surface area contributed by atoms with Crippen LogP contribution in [0.4, 0.5) is 16.2 Å². The van der Waals surface area contributed by atoms with Gasteiger partial charge in [-0.2, -0.15) is 0 Å². The highest BCUT2D eigenvalue weighted by Crippen LogP contribution is 2.39. The van der Waals surface area contributed by atoms with Gasteiger partial charge in [-0.1, -0.05) is 43.7 Å². The molecule has 180 valence electrons. The highest BCUT2D eigenvalue weighted by molar-refractivity contribution is 6.04. The molecule has 2 aliphatic heterocycles. The number of urea groups is 1. The SMILES string of the molecule is Cc1ccc2c(c1)Oc1ccc(C)cc1C(N1CCN(C(=O)Nc3ccc(C(C)C)cc3)CC1)=N2. The van der Waals surface area contributed by atoms with E-state index < -0.39 is 0 Å². The maximum absolute atomic E-state index is 12.9. The van der Waals surface area contributed by atoms with Crippen LogP contribution in [0.1, 0.15) is 42.0 Å². The van der Waals surface area contributed by atoms with Gasteiger partial charge >= 0.3 is 6.03 Å². The van der Waals surface area contributed by atoms with E-state index in [2.05, 4.69) is 68.2 Å². The number of anilines is 1. The summed E-state index contributed by atoms with van der Waals surface area (Å²) in [6.07, 6.45) is 0. The Kier molecular flexibility index (Phi) is 6.20. The van der Waals surface area contributed by atoms with Crippen LogP contribution in [0.25, 0.3) is 0 Å². The summed E-state index contributed by atoms with van der Waals surface area (Å²) in [4.78, 5) is 22.1. The van der Waals surface area contributed by atoms with Crippen molar-refractivity contribution in [1.82, 2.24) is 9.80 Å². The normalized spacial score (nSPS) is 15.1. The summed E-state index contributed by atoms with van der Waals surface area (Å²) in [5, 5.41) is 3.04. The van der Waals surface area contributed by atoms with Crippen LogP contribution in [-0.2, 0) is 0 Å². The van der Waals surface area contributed by atoms with Crippen LogP contribution >= 0.6 is 0 Å². The van der Waals surface area contributed by atoms with Crippen LogP contribution in [-0.4, -0.2) is 47.8 Å². The van der Waals surface area contributed by atoms with Gasteiger partial charge in [0.15, 0.2) is 5.75 Å². The molecule has 2 heterocycles. The van der Waals surface area contributed by atoms with Gasteiger partial charge in [0.25, 0.3) is 0 Å². The molecule has 1 fully saturated rings. The van der Waals surface area contributed by atoms with Crippen LogP contribution < -0.4 is 10.1 Å². The predicted molar refractivity (Wildman–Crippen MR) is 141 cm³/mol. The first-order chi connectivity index (χ1) is 16.9. The second-order valence-electron chi connectivity index (χ2n) is 9.69. The van der Waals surface area contributed by atoms with Crippen LogP contribution in [0, 0.1) is 13.8 Å². The zero-order valence-electron chi connectivity index (χ0n) is 20.8. The lowest BCUT2D eigenvalue weighted by molar-refractivity contribution is 0.181. The Morgan fingerprint density at radius 3 is 2.29 bits per heavy atom. The smallest absolute Gasteiger partial charge is 0.321 e. The molecule has 0 bridgehead atoms. The molecule has 3 aromatic rings. The molecular weight excluding hydrogens is 436 g/mol. The maximum atomic E-state index is 12.9. The highest BCUT2D eigenvalue weighted by Gasteiger charge is 2.27. The maximum Gasteiger partial charge on any atom is 0.321 e. The summed E-state index contributed by atoms with van der Waals surface area (Å²) >= 11 is 0. The van der Waals surface area contributed by atoms with Crippen molar-refractivity contribution in [2.45, 2.75) is 33.6 Å². The van der Waals surface area contributed by atoms with Crippen molar-refractivity contribution in [2.24, 2.45) is 4.99 Å². The summed E-state index contributed by atoms with van der Waals surface area (Å²) in [6, 6.07) is 20.3. The third-order valence-corrected chi connectivity index (χ3v) is 6.63. The van der Waals surface area contributed by atoms with E-state index in [0.29, 0.717) is 32.1 Å². The fourth-order valence-electron chi connectivity index (χ4n) is 4.51. The summed E-state index contributed by atoms with van der Waals surface area (Å²) in [7, 11) is 0. The summed E-state index contributed by atoms with van der Waals surface area (Å²) in [6.45, 7) is 11.1. The average molecular weight is 469 g/mol. The molecule has 0 radical (unpaired) electrons. The van der Waals surface area contributed by atoms with E-state index in [1.807, 2.05) is 35.2 Å². The fourth-order valence-corrected chi connectivity index (χ4v) is 4.51. The number of nitrogens with zero attached hydrogens (tertiary/aromatic N) is 3. The van der Waals surface area contributed by atoms with Gasteiger partial charge in [0.05, 0.1) is 5.56 Å².